The highest BCUT2D eigenvalue weighted by atomic mass is 32.2. The van der Waals surface area contributed by atoms with Crippen LogP contribution < -0.4 is 11.3 Å². The number of thioether (sulfide) groups is 2. The van der Waals surface area contributed by atoms with Gasteiger partial charge in [0.2, 0.25) is 0 Å². The second-order valence-electron chi connectivity index (χ2n) is 6.10. The first kappa shape index (κ1) is 18.7. The molecule has 0 amide bonds. The zero-order valence-electron chi connectivity index (χ0n) is 13.6. The lowest BCUT2D eigenvalue weighted by Gasteiger charge is -2.35. The first-order chi connectivity index (χ1) is 9.69. The van der Waals surface area contributed by atoms with Crippen molar-refractivity contribution in [3.63, 3.8) is 0 Å². The SMILES string of the molecule is CCCCCCCCCC(NN)C1CSC(C)C(C)S1. The minimum absolute atomic E-state index is 0.498. The number of hydrogen-bond acceptors (Lipinski definition) is 4. The van der Waals surface area contributed by atoms with Gasteiger partial charge in [-0.3, -0.25) is 11.3 Å². The topological polar surface area (TPSA) is 38.0 Å². The highest BCUT2D eigenvalue weighted by Crippen LogP contribution is 2.37. The van der Waals surface area contributed by atoms with Crippen molar-refractivity contribution in [1.29, 1.82) is 0 Å². The van der Waals surface area contributed by atoms with Crippen LogP contribution in [0.25, 0.3) is 0 Å². The average Bonchev–Trinajstić information content (AvgIpc) is 2.45. The van der Waals surface area contributed by atoms with E-state index in [0.29, 0.717) is 11.3 Å². The Morgan fingerprint density at radius 1 is 1.05 bits per heavy atom. The molecule has 0 aromatic rings. The van der Waals surface area contributed by atoms with Gasteiger partial charge in [0.1, 0.15) is 0 Å². The lowest BCUT2D eigenvalue weighted by molar-refractivity contribution is 0.458. The lowest BCUT2D eigenvalue weighted by Crippen LogP contribution is -2.46. The molecule has 1 saturated heterocycles. The van der Waals surface area contributed by atoms with Gasteiger partial charge in [-0.1, -0.05) is 65.7 Å². The van der Waals surface area contributed by atoms with E-state index < -0.39 is 0 Å². The first-order valence-corrected chi connectivity index (χ1v) is 10.4. The van der Waals surface area contributed by atoms with Gasteiger partial charge < -0.3 is 0 Å². The monoisotopic (exact) mass is 318 g/mol. The van der Waals surface area contributed by atoms with Crippen LogP contribution in [0.3, 0.4) is 0 Å². The summed E-state index contributed by atoms with van der Waals surface area (Å²) in [5.41, 5.74) is 3.08. The summed E-state index contributed by atoms with van der Waals surface area (Å²) < 4.78 is 0. The van der Waals surface area contributed by atoms with E-state index >= 15 is 0 Å². The smallest absolute Gasteiger partial charge is 0.0337 e. The molecule has 1 rings (SSSR count). The van der Waals surface area contributed by atoms with E-state index in [1.54, 1.807) is 0 Å². The fourth-order valence-electron chi connectivity index (χ4n) is 2.72. The predicted molar refractivity (Wildman–Crippen MR) is 96.5 cm³/mol. The van der Waals surface area contributed by atoms with E-state index in [1.165, 1.54) is 57.1 Å². The molecule has 4 unspecified atom stereocenters. The molecule has 0 saturated carbocycles. The maximum Gasteiger partial charge on any atom is 0.0337 e. The molecule has 0 aromatic carbocycles. The van der Waals surface area contributed by atoms with E-state index in [2.05, 4.69) is 49.7 Å². The van der Waals surface area contributed by atoms with Crippen LogP contribution in [0.2, 0.25) is 0 Å². The van der Waals surface area contributed by atoms with Gasteiger partial charge in [-0.2, -0.15) is 23.5 Å². The molecule has 4 atom stereocenters. The van der Waals surface area contributed by atoms with Gasteiger partial charge in [0.05, 0.1) is 0 Å². The number of hydrogen-bond donors (Lipinski definition) is 2. The Kier molecular flexibility index (Phi) is 10.5. The number of nitrogens with two attached hydrogens (primary N) is 1. The van der Waals surface area contributed by atoms with Crippen LogP contribution in [0.15, 0.2) is 0 Å². The maximum absolute atomic E-state index is 5.79. The summed E-state index contributed by atoms with van der Waals surface area (Å²) in [6.07, 6.45) is 10.9. The van der Waals surface area contributed by atoms with Crippen LogP contribution in [-0.4, -0.2) is 27.5 Å². The highest BCUT2D eigenvalue weighted by Gasteiger charge is 2.30. The van der Waals surface area contributed by atoms with Crippen LogP contribution in [0.5, 0.6) is 0 Å². The van der Waals surface area contributed by atoms with Gasteiger partial charge in [0.15, 0.2) is 0 Å². The van der Waals surface area contributed by atoms with Crippen molar-refractivity contribution in [3.05, 3.63) is 0 Å². The molecule has 120 valence electrons. The van der Waals surface area contributed by atoms with Gasteiger partial charge in [0, 0.05) is 27.5 Å². The predicted octanol–water partition coefficient (Wildman–Crippen LogP) is 4.58. The fraction of sp³-hybridized carbons (Fsp3) is 1.00. The van der Waals surface area contributed by atoms with Crippen LogP contribution in [0, 0.1) is 0 Å². The Labute approximate surface area is 134 Å². The highest BCUT2D eigenvalue weighted by molar-refractivity contribution is 8.07. The van der Waals surface area contributed by atoms with Gasteiger partial charge in [-0.05, 0) is 6.42 Å². The van der Waals surface area contributed by atoms with Gasteiger partial charge in [0.25, 0.3) is 0 Å². The Hall–Kier alpha value is 0.620. The van der Waals surface area contributed by atoms with Crippen LogP contribution >= 0.6 is 23.5 Å². The molecule has 0 aromatic heterocycles. The third-order valence-corrected chi connectivity index (χ3v) is 7.91. The number of unbranched alkanes of at least 4 members (excludes halogenated alkanes) is 6. The van der Waals surface area contributed by atoms with Crippen LogP contribution in [-0.2, 0) is 0 Å². The molecule has 20 heavy (non-hydrogen) atoms. The number of nitrogens with one attached hydrogen (secondary N) is 1. The maximum atomic E-state index is 5.79. The van der Waals surface area contributed by atoms with Crippen molar-refractivity contribution in [2.75, 3.05) is 5.75 Å². The van der Waals surface area contributed by atoms with Crippen molar-refractivity contribution >= 4 is 23.5 Å². The molecule has 3 N–H and O–H groups in total. The number of rotatable bonds is 10. The van der Waals surface area contributed by atoms with Crippen molar-refractivity contribution < 1.29 is 0 Å². The molecule has 0 radical (unpaired) electrons. The summed E-state index contributed by atoms with van der Waals surface area (Å²) in [7, 11) is 0. The Balaban J connectivity index is 2.13. The summed E-state index contributed by atoms with van der Waals surface area (Å²) in [5.74, 6) is 7.04. The van der Waals surface area contributed by atoms with E-state index in [-0.39, 0.29) is 0 Å². The van der Waals surface area contributed by atoms with E-state index in [9.17, 15) is 0 Å². The summed E-state index contributed by atoms with van der Waals surface area (Å²) in [4.78, 5) is 0. The van der Waals surface area contributed by atoms with Gasteiger partial charge in [-0.15, -0.1) is 0 Å². The third-order valence-electron chi connectivity index (χ3n) is 4.36. The molecule has 0 spiro atoms. The summed E-state index contributed by atoms with van der Waals surface area (Å²) >= 11 is 4.25. The second kappa shape index (κ2) is 11.2. The van der Waals surface area contributed by atoms with Crippen molar-refractivity contribution in [2.24, 2.45) is 5.84 Å². The molecule has 0 bridgehead atoms. The molecule has 0 aliphatic carbocycles. The van der Waals surface area contributed by atoms with E-state index in [4.69, 9.17) is 5.84 Å². The van der Waals surface area contributed by atoms with Crippen molar-refractivity contribution in [2.45, 2.75) is 93.9 Å². The molecule has 2 nitrogen and oxygen atoms in total. The first-order valence-electron chi connectivity index (χ1n) is 8.42. The molecule has 1 fully saturated rings. The Morgan fingerprint density at radius 2 is 1.70 bits per heavy atom. The van der Waals surface area contributed by atoms with Gasteiger partial charge in [-0.25, -0.2) is 0 Å². The zero-order chi connectivity index (χ0) is 14.8. The molecule has 1 heterocycles. The van der Waals surface area contributed by atoms with E-state index in [0.717, 1.165) is 10.5 Å². The number of hydrazine groups is 1. The molecule has 4 heteroatoms. The summed E-state index contributed by atoms with van der Waals surface area (Å²) in [5, 5.41) is 2.23. The fourth-order valence-corrected chi connectivity index (χ4v) is 5.87. The van der Waals surface area contributed by atoms with Crippen LogP contribution in [0.1, 0.15) is 72.1 Å². The standard InChI is InChI=1S/C16H34N2S2/c1-4-5-6-7-8-9-10-11-15(18-17)16-12-19-13(2)14(3)20-16/h13-16,18H,4-12,17H2,1-3H3. The Bertz CT molecular complexity index is 239. The van der Waals surface area contributed by atoms with Gasteiger partial charge >= 0.3 is 0 Å². The minimum atomic E-state index is 0.498. The lowest BCUT2D eigenvalue weighted by atomic mass is 10.0. The molecule has 1 aliphatic rings. The van der Waals surface area contributed by atoms with E-state index in [1.807, 2.05) is 0 Å². The minimum Gasteiger partial charge on any atom is -0.271 e. The zero-order valence-corrected chi connectivity index (χ0v) is 15.2. The third kappa shape index (κ3) is 7.06. The molecular weight excluding hydrogens is 284 g/mol. The van der Waals surface area contributed by atoms with Crippen molar-refractivity contribution in [1.82, 2.24) is 5.43 Å². The molecular formula is C16H34N2S2. The second-order valence-corrected chi connectivity index (χ2v) is 9.13. The summed E-state index contributed by atoms with van der Waals surface area (Å²) in [6, 6.07) is 0.498. The quantitative estimate of drug-likeness (QED) is 0.351. The normalized spacial score (nSPS) is 28.5. The average molecular weight is 319 g/mol. The van der Waals surface area contributed by atoms with Crippen LogP contribution in [0.4, 0.5) is 0 Å². The van der Waals surface area contributed by atoms with Crippen molar-refractivity contribution in [3.8, 4) is 0 Å². The summed E-state index contributed by atoms with van der Waals surface area (Å²) in [6.45, 7) is 6.98. The Morgan fingerprint density at radius 3 is 2.30 bits per heavy atom. The largest absolute Gasteiger partial charge is 0.271 e. The molecule has 1 aliphatic heterocycles.